The van der Waals surface area contributed by atoms with E-state index in [9.17, 15) is 8.76 Å². The molecular weight excluding hydrogens is 324 g/mol. The van der Waals surface area contributed by atoms with E-state index in [1.165, 1.54) is 0 Å². The molecule has 0 fully saturated rings. The molecule has 0 bridgehead atoms. The van der Waals surface area contributed by atoms with E-state index in [-0.39, 0.29) is 0 Å². The van der Waals surface area contributed by atoms with Crippen molar-refractivity contribution < 1.29 is 13.5 Å². The van der Waals surface area contributed by atoms with Crippen molar-refractivity contribution in [2.24, 2.45) is 0 Å². The van der Waals surface area contributed by atoms with Crippen LogP contribution in [-0.2, 0) is 17.6 Å². The molecular formula is C18H16N2O3S. The van der Waals surface area contributed by atoms with Crippen molar-refractivity contribution >= 4 is 16.8 Å². The predicted molar refractivity (Wildman–Crippen MR) is 93.6 cm³/mol. The first kappa shape index (κ1) is 16.2. The molecule has 0 aliphatic rings. The second kappa shape index (κ2) is 7.72. The molecule has 0 amide bonds. The Bertz CT molecular complexity index is 826. The maximum Gasteiger partial charge on any atom is 0.186 e. The average Bonchev–Trinajstić information content (AvgIpc) is 2.61. The van der Waals surface area contributed by atoms with E-state index in [4.69, 9.17) is 4.74 Å². The first-order valence-electron chi connectivity index (χ1n) is 7.33. The van der Waals surface area contributed by atoms with Gasteiger partial charge in [-0.1, -0.05) is 18.2 Å². The molecule has 2 N–H and O–H groups in total. The lowest BCUT2D eigenvalue weighted by atomic mass is 10.2. The maximum absolute atomic E-state index is 11.5. The van der Waals surface area contributed by atoms with E-state index in [0.717, 1.165) is 5.69 Å². The van der Waals surface area contributed by atoms with Crippen molar-refractivity contribution in [2.45, 2.75) is 11.4 Å². The zero-order valence-corrected chi connectivity index (χ0v) is 13.6. The summed E-state index contributed by atoms with van der Waals surface area (Å²) in [6.07, 6.45) is 3.29. The number of nitrogens with one attached hydrogen (secondary N) is 1. The summed E-state index contributed by atoms with van der Waals surface area (Å²) in [6.45, 7) is 0.416. The minimum Gasteiger partial charge on any atom is -0.457 e. The van der Waals surface area contributed by atoms with Gasteiger partial charge in [-0.25, -0.2) is 4.21 Å². The van der Waals surface area contributed by atoms with E-state index in [2.05, 4.69) is 10.3 Å². The van der Waals surface area contributed by atoms with Gasteiger partial charge >= 0.3 is 0 Å². The molecule has 6 heteroatoms. The Labute approximate surface area is 142 Å². The number of aromatic nitrogens is 1. The van der Waals surface area contributed by atoms with Gasteiger partial charge in [0.25, 0.3) is 0 Å². The summed E-state index contributed by atoms with van der Waals surface area (Å²) < 4.78 is 26.8. The summed E-state index contributed by atoms with van der Waals surface area (Å²) in [7, 11) is 0. The van der Waals surface area contributed by atoms with Gasteiger partial charge in [0.05, 0.1) is 4.90 Å². The van der Waals surface area contributed by atoms with Crippen LogP contribution < -0.4 is 10.1 Å². The molecule has 0 radical (unpaired) electrons. The number of para-hydroxylation sites is 1. The van der Waals surface area contributed by atoms with Crippen molar-refractivity contribution in [2.75, 3.05) is 5.32 Å². The molecule has 2 aromatic carbocycles. The van der Waals surface area contributed by atoms with Gasteiger partial charge in [0.2, 0.25) is 0 Å². The Balaban J connectivity index is 1.82. The van der Waals surface area contributed by atoms with Crippen molar-refractivity contribution in [1.82, 2.24) is 4.98 Å². The van der Waals surface area contributed by atoms with E-state index in [1.807, 2.05) is 30.3 Å². The highest BCUT2D eigenvalue weighted by Crippen LogP contribution is 2.25. The lowest BCUT2D eigenvalue weighted by Crippen LogP contribution is -2.04. The highest BCUT2D eigenvalue weighted by atomic mass is 32.2. The van der Waals surface area contributed by atoms with Crippen LogP contribution in [0.2, 0.25) is 0 Å². The summed E-state index contributed by atoms with van der Waals surface area (Å²) in [6, 6.07) is 18.2. The summed E-state index contributed by atoms with van der Waals surface area (Å²) in [5, 5.41) is 3.24. The summed E-state index contributed by atoms with van der Waals surface area (Å²) in [5.41, 5.74) is 1.64. The van der Waals surface area contributed by atoms with Gasteiger partial charge in [-0.05, 0) is 48.0 Å². The minimum absolute atomic E-state index is 0.362. The van der Waals surface area contributed by atoms with Crippen LogP contribution in [0.4, 0.5) is 5.69 Å². The average molecular weight is 340 g/mol. The van der Waals surface area contributed by atoms with E-state index in [0.29, 0.717) is 28.5 Å². The van der Waals surface area contributed by atoms with Gasteiger partial charge in [0.1, 0.15) is 11.5 Å². The number of benzene rings is 2. The van der Waals surface area contributed by atoms with Gasteiger partial charge in [-0.2, -0.15) is 0 Å². The number of anilines is 1. The van der Waals surface area contributed by atoms with Gasteiger partial charge < -0.3 is 14.6 Å². The molecule has 0 saturated carbocycles. The van der Waals surface area contributed by atoms with E-state index >= 15 is 0 Å². The molecule has 0 spiro atoms. The van der Waals surface area contributed by atoms with Crippen molar-refractivity contribution in [1.29, 1.82) is 0 Å². The second-order valence-corrected chi connectivity index (χ2v) is 5.96. The largest absolute Gasteiger partial charge is 0.457 e. The highest BCUT2D eigenvalue weighted by molar-refractivity contribution is 7.79. The fourth-order valence-corrected chi connectivity index (χ4v) is 2.76. The molecule has 24 heavy (non-hydrogen) atoms. The quantitative estimate of drug-likeness (QED) is 0.662. The lowest BCUT2D eigenvalue weighted by Gasteiger charge is -2.12. The molecule has 3 aromatic rings. The summed E-state index contributed by atoms with van der Waals surface area (Å²) in [5.74, 6) is 1.25. The molecule has 1 atom stereocenters. The number of hydrogen-bond acceptors (Lipinski definition) is 4. The molecule has 1 heterocycles. The normalized spacial score (nSPS) is 11.7. The molecule has 5 nitrogen and oxygen atoms in total. The van der Waals surface area contributed by atoms with Crippen LogP contribution in [0.25, 0.3) is 0 Å². The number of rotatable bonds is 6. The first-order valence-corrected chi connectivity index (χ1v) is 8.43. The van der Waals surface area contributed by atoms with Crippen LogP contribution in [0.1, 0.15) is 5.56 Å². The standard InChI is InChI=1S/C18H16N2O3S/c21-24(22)18-7-6-17(23-16-8-10-19-11-9-16)12-14(18)13-20-15-4-2-1-3-5-15/h1-12,20H,13H2,(H,21,22). The zero-order chi connectivity index (χ0) is 16.8. The lowest BCUT2D eigenvalue weighted by molar-refractivity contribution is 0.480. The predicted octanol–water partition coefficient (Wildman–Crippen LogP) is 4.07. The van der Waals surface area contributed by atoms with Gasteiger partial charge in [0, 0.05) is 24.6 Å². The third kappa shape index (κ3) is 4.18. The highest BCUT2D eigenvalue weighted by Gasteiger charge is 2.10. The summed E-state index contributed by atoms with van der Waals surface area (Å²) >= 11 is -2.06. The Morgan fingerprint density at radius 1 is 1.00 bits per heavy atom. The van der Waals surface area contributed by atoms with Crippen molar-refractivity contribution in [3.8, 4) is 11.5 Å². The van der Waals surface area contributed by atoms with Crippen LogP contribution in [0.5, 0.6) is 11.5 Å². The van der Waals surface area contributed by atoms with E-state index < -0.39 is 11.1 Å². The summed E-state index contributed by atoms with van der Waals surface area (Å²) in [4.78, 5) is 4.30. The van der Waals surface area contributed by atoms with Gasteiger partial charge in [-0.3, -0.25) is 4.98 Å². The van der Waals surface area contributed by atoms with Crippen LogP contribution in [-0.4, -0.2) is 13.7 Å². The molecule has 1 aromatic heterocycles. The van der Waals surface area contributed by atoms with Gasteiger partial charge in [-0.15, -0.1) is 0 Å². The Kier molecular flexibility index (Phi) is 5.20. The smallest absolute Gasteiger partial charge is 0.186 e. The van der Waals surface area contributed by atoms with Crippen LogP contribution in [0, 0.1) is 0 Å². The van der Waals surface area contributed by atoms with Crippen LogP contribution >= 0.6 is 0 Å². The maximum atomic E-state index is 11.5. The number of ether oxygens (including phenoxy) is 1. The first-order chi connectivity index (χ1) is 11.7. The Morgan fingerprint density at radius 3 is 2.46 bits per heavy atom. The van der Waals surface area contributed by atoms with Crippen molar-refractivity contribution in [3.05, 3.63) is 78.6 Å². The molecule has 3 rings (SSSR count). The van der Waals surface area contributed by atoms with Gasteiger partial charge in [0.15, 0.2) is 11.1 Å². The van der Waals surface area contributed by atoms with Crippen LogP contribution in [0.3, 0.4) is 0 Å². The number of nitrogens with zero attached hydrogens (tertiary/aromatic N) is 1. The Hall–Kier alpha value is -2.70. The zero-order valence-electron chi connectivity index (χ0n) is 12.8. The monoisotopic (exact) mass is 340 g/mol. The van der Waals surface area contributed by atoms with Crippen molar-refractivity contribution in [3.63, 3.8) is 0 Å². The molecule has 1 unspecified atom stereocenters. The number of pyridine rings is 1. The third-order valence-corrected chi connectivity index (χ3v) is 4.14. The molecule has 122 valence electrons. The fourth-order valence-electron chi connectivity index (χ4n) is 2.22. The second-order valence-electron chi connectivity index (χ2n) is 5.02. The Morgan fingerprint density at radius 2 is 1.75 bits per heavy atom. The minimum atomic E-state index is -2.06. The van der Waals surface area contributed by atoms with Crippen LogP contribution in [0.15, 0.2) is 78.0 Å². The molecule has 0 aliphatic heterocycles. The molecule has 0 saturated heterocycles. The number of hydrogen-bond donors (Lipinski definition) is 2. The fraction of sp³-hybridized carbons (Fsp3) is 0.0556. The SMILES string of the molecule is O=S(O)c1ccc(Oc2ccncc2)cc1CNc1ccccc1. The molecule has 0 aliphatic carbocycles. The topological polar surface area (TPSA) is 71.5 Å². The third-order valence-electron chi connectivity index (χ3n) is 3.36. The van der Waals surface area contributed by atoms with E-state index in [1.54, 1.807) is 42.7 Å².